The maximum atomic E-state index is 12.5. The van der Waals surface area contributed by atoms with E-state index in [0.717, 1.165) is 22.4 Å². The van der Waals surface area contributed by atoms with Crippen molar-refractivity contribution in [2.45, 2.75) is 13.8 Å². The maximum Gasteiger partial charge on any atom is 0.261 e. The van der Waals surface area contributed by atoms with Crippen LogP contribution in [0.15, 0.2) is 59.3 Å². The number of carbonyl (C=O) groups excluding carboxylic acids is 1. The van der Waals surface area contributed by atoms with Gasteiger partial charge in [-0.2, -0.15) is 0 Å². The van der Waals surface area contributed by atoms with Gasteiger partial charge < -0.3 is 9.84 Å². The molecule has 1 heterocycles. The number of anilines is 1. The fourth-order valence-corrected chi connectivity index (χ4v) is 2.26. The van der Waals surface area contributed by atoms with Crippen LogP contribution in [0.1, 0.15) is 21.5 Å². The number of carbonyl (C=O) groups is 1. The minimum Gasteiger partial charge on any atom is -0.363 e. The zero-order valence-corrected chi connectivity index (χ0v) is 12.5. The van der Waals surface area contributed by atoms with E-state index in [1.165, 1.54) is 6.26 Å². The molecule has 0 saturated carbocycles. The highest BCUT2D eigenvalue weighted by Gasteiger charge is 2.18. The first-order valence-electron chi connectivity index (χ1n) is 7.03. The quantitative estimate of drug-likeness (QED) is 0.786. The molecular weight excluding hydrogens is 276 g/mol. The molecule has 3 aromatic rings. The molecule has 0 aliphatic heterocycles. The van der Waals surface area contributed by atoms with Crippen molar-refractivity contribution in [1.29, 1.82) is 0 Å². The van der Waals surface area contributed by atoms with Crippen LogP contribution in [0.3, 0.4) is 0 Å². The monoisotopic (exact) mass is 292 g/mol. The number of rotatable bonds is 3. The number of nitrogens with zero attached hydrogens (tertiary/aromatic N) is 1. The summed E-state index contributed by atoms with van der Waals surface area (Å²) in [6.07, 6.45) is 1.38. The van der Waals surface area contributed by atoms with Crippen LogP contribution in [0.4, 0.5) is 5.69 Å². The van der Waals surface area contributed by atoms with Gasteiger partial charge in [0.25, 0.3) is 5.91 Å². The zero-order chi connectivity index (χ0) is 15.5. The van der Waals surface area contributed by atoms with Gasteiger partial charge in [0, 0.05) is 11.3 Å². The molecule has 0 saturated heterocycles. The standard InChI is InChI=1S/C18H16N2O2/c1-12-8-9-13(2)16(10-12)19-18(21)15-11-22-20-17(15)14-6-4-3-5-7-14/h3-11H,1-2H3,(H,19,21). The fraction of sp³-hybridized carbons (Fsp3) is 0.111. The zero-order valence-electron chi connectivity index (χ0n) is 12.5. The highest BCUT2D eigenvalue weighted by molar-refractivity contribution is 6.08. The van der Waals surface area contributed by atoms with E-state index in [9.17, 15) is 4.79 Å². The molecule has 110 valence electrons. The van der Waals surface area contributed by atoms with E-state index in [-0.39, 0.29) is 5.91 Å². The molecule has 0 spiro atoms. The number of aromatic nitrogens is 1. The number of hydrogen-bond donors (Lipinski definition) is 1. The molecule has 1 N–H and O–H groups in total. The molecule has 0 atom stereocenters. The highest BCUT2D eigenvalue weighted by Crippen LogP contribution is 2.24. The first kappa shape index (κ1) is 14.1. The van der Waals surface area contributed by atoms with Gasteiger partial charge in [0.15, 0.2) is 0 Å². The van der Waals surface area contributed by atoms with Gasteiger partial charge in [-0.05, 0) is 31.0 Å². The van der Waals surface area contributed by atoms with E-state index in [1.807, 2.05) is 62.4 Å². The number of nitrogens with one attached hydrogen (secondary N) is 1. The largest absolute Gasteiger partial charge is 0.363 e. The molecule has 4 nitrogen and oxygen atoms in total. The van der Waals surface area contributed by atoms with E-state index in [4.69, 9.17) is 4.52 Å². The fourth-order valence-electron chi connectivity index (χ4n) is 2.26. The van der Waals surface area contributed by atoms with E-state index in [1.54, 1.807) is 0 Å². The van der Waals surface area contributed by atoms with E-state index in [2.05, 4.69) is 10.5 Å². The van der Waals surface area contributed by atoms with Gasteiger partial charge in [-0.3, -0.25) is 4.79 Å². The maximum absolute atomic E-state index is 12.5. The lowest BCUT2D eigenvalue weighted by atomic mass is 10.1. The van der Waals surface area contributed by atoms with Crippen molar-refractivity contribution in [3.05, 3.63) is 71.5 Å². The Labute approximate surface area is 128 Å². The Balaban J connectivity index is 1.91. The summed E-state index contributed by atoms with van der Waals surface area (Å²) in [5, 5.41) is 6.88. The summed E-state index contributed by atoms with van der Waals surface area (Å²) in [4.78, 5) is 12.5. The Morgan fingerprint density at radius 2 is 1.86 bits per heavy atom. The molecular formula is C18H16N2O2. The number of benzene rings is 2. The second-order valence-electron chi connectivity index (χ2n) is 5.22. The smallest absolute Gasteiger partial charge is 0.261 e. The van der Waals surface area contributed by atoms with E-state index in [0.29, 0.717) is 11.3 Å². The molecule has 0 bridgehead atoms. The Morgan fingerprint density at radius 3 is 2.64 bits per heavy atom. The van der Waals surface area contributed by atoms with Crippen LogP contribution in [-0.2, 0) is 0 Å². The second-order valence-corrected chi connectivity index (χ2v) is 5.22. The molecule has 0 unspecified atom stereocenters. The summed E-state index contributed by atoms with van der Waals surface area (Å²) < 4.78 is 5.00. The van der Waals surface area contributed by atoms with Crippen molar-refractivity contribution in [2.24, 2.45) is 0 Å². The minimum atomic E-state index is -0.228. The van der Waals surface area contributed by atoms with Crippen LogP contribution in [-0.4, -0.2) is 11.1 Å². The van der Waals surface area contributed by atoms with Crippen molar-refractivity contribution in [3.8, 4) is 11.3 Å². The van der Waals surface area contributed by atoms with E-state index < -0.39 is 0 Å². The summed E-state index contributed by atoms with van der Waals surface area (Å²) in [7, 11) is 0. The summed E-state index contributed by atoms with van der Waals surface area (Å²) >= 11 is 0. The normalized spacial score (nSPS) is 10.5. The predicted molar refractivity (Wildman–Crippen MR) is 85.8 cm³/mol. The number of hydrogen-bond acceptors (Lipinski definition) is 3. The van der Waals surface area contributed by atoms with Crippen molar-refractivity contribution in [2.75, 3.05) is 5.32 Å². The van der Waals surface area contributed by atoms with Crippen LogP contribution in [0.2, 0.25) is 0 Å². The molecule has 22 heavy (non-hydrogen) atoms. The van der Waals surface area contributed by atoms with Crippen molar-refractivity contribution in [3.63, 3.8) is 0 Å². The highest BCUT2D eigenvalue weighted by atomic mass is 16.5. The molecule has 1 aromatic heterocycles. The summed E-state index contributed by atoms with van der Waals surface area (Å²) in [5.74, 6) is -0.228. The van der Waals surface area contributed by atoms with Gasteiger partial charge in [0.2, 0.25) is 0 Å². The molecule has 3 rings (SSSR count). The van der Waals surface area contributed by atoms with E-state index >= 15 is 0 Å². The first-order chi connectivity index (χ1) is 10.6. The second kappa shape index (κ2) is 5.85. The number of amides is 1. The molecule has 0 radical (unpaired) electrons. The Hall–Kier alpha value is -2.88. The van der Waals surface area contributed by atoms with Crippen LogP contribution in [0.25, 0.3) is 11.3 Å². The average Bonchev–Trinajstić information content (AvgIpc) is 3.01. The summed E-state index contributed by atoms with van der Waals surface area (Å²) in [6.45, 7) is 3.95. The molecule has 0 fully saturated rings. The van der Waals surface area contributed by atoms with Crippen molar-refractivity contribution in [1.82, 2.24) is 5.16 Å². The topological polar surface area (TPSA) is 55.1 Å². The predicted octanol–water partition coefficient (Wildman–Crippen LogP) is 4.21. The van der Waals surface area contributed by atoms with Crippen molar-refractivity contribution >= 4 is 11.6 Å². The van der Waals surface area contributed by atoms with Gasteiger partial charge in [-0.25, -0.2) is 0 Å². The average molecular weight is 292 g/mol. The van der Waals surface area contributed by atoms with Crippen LogP contribution in [0, 0.1) is 13.8 Å². The molecule has 0 aliphatic carbocycles. The lowest BCUT2D eigenvalue weighted by Crippen LogP contribution is -2.13. The SMILES string of the molecule is Cc1ccc(C)c(NC(=O)c2conc2-c2ccccc2)c1. The van der Waals surface area contributed by atoms with Crippen LogP contribution >= 0.6 is 0 Å². The third kappa shape index (κ3) is 2.76. The first-order valence-corrected chi connectivity index (χ1v) is 7.03. The lowest BCUT2D eigenvalue weighted by Gasteiger charge is -2.09. The third-order valence-electron chi connectivity index (χ3n) is 3.50. The van der Waals surface area contributed by atoms with Crippen molar-refractivity contribution < 1.29 is 9.32 Å². The Kier molecular flexibility index (Phi) is 3.74. The van der Waals surface area contributed by atoms with Crippen LogP contribution < -0.4 is 5.32 Å². The third-order valence-corrected chi connectivity index (χ3v) is 3.50. The van der Waals surface area contributed by atoms with Crippen LogP contribution in [0.5, 0.6) is 0 Å². The summed E-state index contributed by atoms with van der Waals surface area (Å²) in [6, 6.07) is 15.4. The van der Waals surface area contributed by atoms with Gasteiger partial charge >= 0.3 is 0 Å². The Morgan fingerprint density at radius 1 is 1.09 bits per heavy atom. The Bertz CT molecular complexity index is 807. The van der Waals surface area contributed by atoms with Gasteiger partial charge in [0.05, 0.1) is 0 Å². The van der Waals surface area contributed by atoms with Gasteiger partial charge in [0.1, 0.15) is 17.5 Å². The number of aryl methyl sites for hydroxylation is 2. The molecule has 0 aliphatic rings. The molecule has 1 amide bonds. The molecule has 4 heteroatoms. The van der Waals surface area contributed by atoms with Gasteiger partial charge in [-0.15, -0.1) is 0 Å². The minimum absolute atomic E-state index is 0.228. The molecule has 2 aromatic carbocycles. The lowest BCUT2D eigenvalue weighted by molar-refractivity contribution is 0.102. The summed E-state index contributed by atoms with van der Waals surface area (Å²) in [5.41, 5.74) is 4.72. The van der Waals surface area contributed by atoms with Gasteiger partial charge in [-0.1, -0.05) is 47.6 Å².